The van der Waals surface area contributed by atoms with Gasteiger partial charge in [-0.1, -0.05) is 166 Å². The molecule has 2 saturated carbocycles. The number of para-hydroxylation sites is 1. The summed E-state index contributed by atoms with van der Waals surface area (Å²) in [6.45, 7) is 32.7. The third-order valence-electron chi connectivity index (χ3n) is 23.2. The fourth-order valence-electron chi connectivity index (χ4n) is 16.0. The Morgan fingerprint density at radius 2 is 1.19 bits per heavy atom. The van der Waals surface area contributed by atoms with Gasteiger partial charge in [0.2, 0.25) is 11.8 Å². The predicted molar refractivity (Wildman–Crippen MR) is 488 cm³/mol. The van der Waals surface area contributed by atoms with Crippen molar-refractivity contribution in [3.05, 3.63) is 221 Å². The van der Waals surface area contributed by atoms with Gasteiger partial charge in [0.15, 0.2) is 11.6 Å². The van der Waals surface area contributed by atoms with Crippen LogP contribution in [0, 0.1) is 31.7 Å². The first-order chi connectivity index (χ1) is 57.4. The number of ether oxygens (including phenoxy) is 3. The van der Waals surface area contributed by atoms with E-state index >= 15 is 0 Å². The number of hydrogen-bond donors (Lipinski definition) is 2. The van der Waals surface area contributed by atoms with Crippen LogP contribution in [0.4, 0.5) is 22.1 Å². The number of aromatic nitrogens is 8. The van der Waals surface area contributed by atoms with Crippen LogP contribution in [-0.4, -0.2) is 120 Å². The van der Waals surface area contributed by atoms with Gasteiger partial charge in [-0.05, 0) is 245 Å². The van der Waals surface area contributed by atoms with Crippen molar-refractivity contribution in [1.29, 1.82) is 0 Å². The molecule has 5 fully saturated rings. The van der Waals surface area contributed by atoms with Gasteiger partial charge in [-0.25, -0.2) is 19.7 Å². The van der Waals surface area contributed by atoms with E-state index in [0.29, 0.717) is 59.0 Å². The first-order valence-electron chi connectivity index (χ1n) is 42.2. The summed E-state index contributed by atoms with van der Waals surface area (Å²) in [6.07, 6.45) is 27.1. The van der Waals surface area contributed by atoms with Crippen molar-refractivity contribution in [1.82, 2.24) is 39.9 Å². The fourth-order valence-corrected chi connectivity index (χ4v) is 20.0. The molecule has 4 aromatic heterocycles. The van der Waals surface area contributed by atoms with E-state index in [4.69, 9.17) is 29.3 Å². The van der Waals surface area contributed by atoms with Gasteiger partial charge in [-0.15, -0.1) is 35.9 Å². The van der Waals surface area contributed by atoms with E-state index in [2.05, 4.69) is 163 Å². The van der Waals surface area contributed by atoms with E-state index in [9.17, 15) is 14.4 Å². The van der Waals surface area contributed by atoms with Crippen molar-refractivity contribution in [3.8, 4) is 45.0 Å². The maximum absolute atomic E-state index is 12.9. The topological polar surface area (TPSA) is 228 Å². The van der Waals surface area contributed by atoms with Crippen LogP contribution in [0.15, 0.2) is 175 Å². The number of carbonyl (C=O) groups is 3. The summed E-state index contributed by atoms with van der Waals surface area (Å²) >= 11 is 5.56. The first kappa shape index (κ1) is 93.8. The molecule has 3 N–H and O–H groups in total. The summed E-state index contributed by atoms with van der Waals surface area (Å²) in [5.41, 5.74) is 23.0. The summed E-state index contributed by atoms with van der Waals surface area (Å²) < 4.78 is 29.5. The first-order valence-corrected chi connectivity index (χ1v) is 46.5. The number of carbonyl (C=O) groups excluding carboxylic acids is 3. The third-order valence-corrected chi connectivity index (χ3v) is 27.4. The number of anilines is 3. The van der Waals surface area contributed by atoms with Crippen LogP contribution in [0.1, 0.15) is 224 Å². The normalized spacial score (nSPS) is 17.1. The number of halogens is 2. The van der Waals surface area contributed by atoms with Gasteiger partial charge in [0.1, 0.15) is 21.7 Å². The molecule has 7 heterocycles. The van der Waals surface area contributed by atoms with Gasteiger partial charge in [-0.2, -0.15) is 14.9 Å². The Labute approximate surface area is 737 Å². The Kier molecular flexibility index (Phi) is 34.0. The molecular formula is C96H121BBrClN11O8PPd. The summed E-state index contributed by atoms with van der Waals surface area (Å²) in [5, 5.41) is 12.5. The van der Waals surface area contributed by atoms with Crippen LogP contribution >= 0.6 is 33.4 Å². The molecule has 19 nitrogen and oxygen atoms in total. The number of benzene rings is 6. The molecule has 0 bridgehead atoms. The molecule has 24 heteroatoms. The fraction of sp³-hybridized carbons (Fsp3) is 0.448. The number of H-pyrrole nitrogens is 1. The van der Waals surface area contributed by atoms with Crippen LogP contribution < -0.4 is 35.8 Å². The van der Waals surface area contributed by atoms with Crippen molar-refractivity contribution in [2.45, 2.75) is 240 Å². The minimum absolute atomic E-state index is 0.0205. The van der Waals surface area contributed by atoms with Gasteiger partial charge < -0.3 is 29.3 Å². The van der Waals surface area contributed by atoms with Gasteiger partial charge >= 0.3 is 40.9 Å². The number of nitrogens with zero attached hydrogens (tertiary/aromatic N) is 9. The molecule has 10 aromatic rings. The van der Waals surface area contributed by atoms with E-state index in [1.807, 2.05) is 159 Å². The number of nitrogens with one attached hydrogen (secondary N) is 1. The molecule has 2 aliphatic carbocycles. The van der Waals surface area contributed by atoms with Crippen LogP contribution in [0.2, 0.25) is 0 Å². The molecule has 3 aliphatic heterocycles. The Balaban J connectivity index is 0.000000161. The second-order valence-electron chi connectivity index (χ2n) is 34.5. The monoisotopic (exact) mass is 1820 g/mol. The van der Waals surface area contributed by atoms with Crippen molar-refractivity contribution in [2.24, 2.45) is 11.8 Å². The second-order valence-corrected chi connectivity index (χ2v) is 38.1. The van der Waals surface area contributed by atoms with E-state index in [-0.39, 0.29) is 31.6 Å². The van der Waals surface area contributed by atoms with Gasteiger partial charge in [0.05, 0.1) is 61.1 Å². The molecule has 640 valence electrons. The number of hydrogen-bond acceptors (Lipinski definition) is 15. The molecule has 2 amide bonds. The summed E-state index contributed by atoms with van der Waals surface area (Å²) in [5.74, 6) is 4.65. The average Bonchev–Trinajstić information content (AvgIpc) is 1.69. The summed E-state index contributed by atoms with van der Waals surface area (Å²) in [6, 6.07) is 49.6. The van der Waals surface area contributed by atoms with Gasteiger partial charge in [-0.3, -0.25) is 29.5 Å². The Morgan fingerprint density at radius 3 is 1.68 bits per heavy atom. The second kappa shape index (κ2) is 43.6. The molecule has 2 unspecified atom stereocenters. The zero-order valence-electron chi connectivity index (χ0n) is 73.0. The number of aryl methyl sites for hydroxylation is 2. The van der Waals surface area contributed by atoms with Crippen LogP contribution in [-0.2, 0) is 54.7 Å². The number of aromatic amines is 1. The van der Waals surface area contributed by atoms with Crippen LogP contribution in [0.25, 0.3) is 33.5 Å². The van der Waals surface area contributed by atoms with Gasteiger partial charge in [0, 0.05) is 54.5 Å². The molecule has 5 aliphatic rings. The molecule has 0 radical (unpaired) electrons. The van der Waals surface area contributed by atoms with Crippen molar-refractivity contribution >= 4 is 86.5 Å². The zero-order chi connectivity index (χ0) is 86.6. The summed E-state index contributed by atoms with van der Waals surface area (Å²) in [7, 11) is 7.19. The molecule has 3 saturated heterocycles. The standard InChI is InChI=1S/C33H49P.C20H21N5O2.C17H18BrN3O2.C14H23BN2O4.C12H10N.ClH.Pd/c1-23(2)27-21-31(24(3)4)33(32(22-27)25(5)6)26-14-13-19-30(20-26)34(28-15-9-7-10-16-28)29-17-11-8-12-18-29;1-13-19(16-10-22-23-11-16)21-12-18(24-13)25-7-6-15(20(25)26)8-14-4-3-5-17(9-14)27-2;1-11-16(18)19-10-15(20-11)21-7-6-13(17(21)22)8-12-4-3-5-14(9-12)23-2;1-12(2,3)19-11(18)17-9-10(8-16-17)15-20-13(4,5)14(6,7)21-15;13-12-9-5-4-8-11(12)10-6-2-1-3-7-10;;/h13-14,19-25,28-29H,7-12,15-18H2,1-6H3;3-5,9-12,15H,6-8H2,1-2H3,(H,22,23);3-5,9-10,13H,6-8H2,1-2H3;8-9H,1-7H3;1-6,8-9H,13H2;1H;/q;;;;-1;;+2/p-1. The zero-order valence-corrected chi connectivity index (χ0v) is 77.8. The van der Waals surface area contributed by atoms with Gasteiger partial charge in [0.25, 0.3) is 0 Å². The molecule has 2 atom stereocenters. The number of amides is 2. The molecule has 120 heavy (non-hydrogen) atoms. The van der Waals surface area contributed by atoms with E-state index < -0.39 is 30.0 Å². The average molecular weight is 1820 g/mol. The van der Waals surface area contributed by atoms with E-state index in [1.165, 1.54) is 75.3 Å². The number of nitrogen functional groups attached to an aromatic ring is 1. The maximum atomic E-state index is 12.9. The Hall–Kier alpha value is -8.44. The van der Waals surface area contributed by atoms with E-state index in [1.54, 1.807) is 83.2 Å². The minimum atomic E-state index is -0.562. The molecule has 6 aromatic carbocycles. The SMILES string of the molecule is CC(C)(C)OC(=O)n1cc(B2OC(C)(C)C(C)(C)O2)cn1.CC(C)c1cc(C(C)C)c(-c2cccc(P(C3CCCCC3)C3CCCCC3)c2)c(C(C)C)c1.COc1cccc(CC2CCN(c3cnc(-c4cn[nH]c4)c(C)n3)C2=O)c1.COc1cccc(CC2CCN(c3cnc(Br)c(C)n3)C2=O)c1.Nc1ccccc1-c1[c-]cccc1.[Cl][Pd+]. The third kappa shape index (κ3) is 24.7. The Bertz CT molecular complexity index is 4930. The van der Waals surface area contributed by atoms with Crippen molar-refractivity contribution in [2.75, 3.05) is 42.8 Å². The molecule has 0 spiro atoms. The molecular weight excluding hydrogens is 1700 g/mol. The van der Waals surface area contributed by atoms with E-state index in [0.717, 1.165) is 97.3 Å². The van der Waals surface area contributed by atoms with Crippen molar-refractivity contribution < 1.29 is 56.1 Å². The Morgan fingerprint density at radius 1 is 0.658 bits per heavy atom. The predicted octanol–water partition coefficient (Wildman–Crippen LogP) is 21.8. The quantitative estimate of drug-likeness (QED) is 0.0352. The summed E-state index contributed by atoms with van der Waals surface area (Å²) in [4.78, 5) is 58.8. The number of nitrogens with two attached hydrogens (primary N) is 1. The number of rotatable bonds is 18. The molecule has 15 rings (SSSR count). The van der Waals surface area contributed by atoms with Crippen LogP contribution in [0.5, 0.6) is 11.5 Å². The van der Waals surface area contributed by atoms with Crippen LogP contribution in [0.3, 0.4) is 0 Å². The van der Waals surface area contributed by atoms with Crippen molar-refractivity contribution in [3.63, 3.8) is 0 Å². The number of methoxy groups -OCH3 is 2.